The maximum absolute atomic E-state index is 11.8. The van der Waals surface area contributed by atoms with Crippen LogP contribution < -0.4 is 10.6 Å². The van der Waals surface area contributed by atoms with Gasteiger partial charge in [0.1, 0.15) is 5.69 Å². The Labute approximate surface area is 111 Å². The van der Waals surface area contributed by atoms with Crippen molar-refractivity contribution in [2.24, 2.45) is 5.41 Å². The van der Waals surface area contributed by atoms with Crippen LogP contribution in [-0.4, -0.2) is 28.6 Å². The van der Waals surface area contributed by atoms with Crippen molar-refractivity contribution in [1.82, 2.24) is 15.5 Å². The maximum atomic E-state index is 11.8. The molecule has 7 heteroatoms. The molecule has 0 spiro atoms. The van der Waals surface area contributed by atoms with Crippen LogP contribution in [0.15, 0.2) is 6.20 Å². The lowest BCUT2D eigenvalue weighted by Gasteiger charge is -2.17. The number of rotatable bonds is 4. The Morgan fingerprint density at radius 2 is 2.16 bits per heavy atom. The number of H-pyrrole nitrogens is 1. The predicted molar refractivity (Wildman–Crippen MR) is 69.2 cm³/mol. The highest BCUT2D eigenvalue weighted by Gasteiger charge is 2.24. The normalized spacial score (nSPS) is 10.6. The molecule has 3 N–H and O–H groups in total. The molecule has 7 nitrogen and oxygen atoms in total. The Balaban J connectivity index is 2.73. The predicted octanol–water partition coefficient (Wildman–Crippen LogP) is 1.04. The van der Waals surface area contributed by atoms with Crippen molar-refractivity contribution in [2.45, 2.75) is 27.2 Å². The summed E-state index contributed by atoms with van der Waals surface area (Å²) in [6.45, 7) is 5.57. The zero-order chi connectivity index (χ0) is 14.5. The second-order valence-electron chi connectivity index (χ2n) is 5.03. The number of carbonyl (C=O) groups excluding carboxylic acids is 2. The number of hydrogen-bond donors (Lipinski definition) is 3. The average molecular weight is 263 g/mol. The van der Waals surface area contributed by atoms with Gasteiger partial charge in [-0.3, -0.25) is 14.7 Å². The molecule has 0 aliphatic carbocycles. The van der Waals surface area contributed by atoms with E-state index < -0.39 is 11.3 Å². The van der Waals surface area contributed by atoms with Crippen LogP contribution in [0.2, 0.25) is 0 Å². The van der Waals surface area contributed by atoms with E-state index in [0.717, 1.165) is 0 Å². The second kappa shape index (κ2) is 6.00. The zero-order valence-corrected chi connectivity index (χ0v) is 11.2. The summed E-state index contributed by atoms with van der Waals surface area (Å²) in [5, 5.41) is 19.9. The van der Waals surface area contributed by atoms with Crippen molar-refractivity contribution in [3.63, 3.8) is 0 Å². The van der Waals surface area contributed by atoms with E-state index >= 15 is 0 Å². The summed E-state index contributed by atoms with van der Waals surface area (Å²) in [5.41, 5.74) is -0.0591. The SMILES string of the molecule is CC(C)(C)C(=O)Nc1cn[nH]c1C(=O)NCCC#N. The second-order valence-corrected chi connectivity index (χ2v) is 5.03. The Morgan fingerprint density at radius 1 is 1.47 bits per heavy atom. The number of aromatic amines is 1. The third kappa shape index (κ3) is 4.10. The molecular formula is C12H17N5O2. The topological polar surface area (TPSA) is 111 Å². The van der Waals surface area contributed by atoms with Crippen LogP contribution in [0.4, 0.5) is 5.69 Å². The van der Waals surface area contributed by atoms with Gasteiger partial charge >= 0.3 is 0 Å². The van der Waals surface area contributed by atoms with Gasteiger partial charge in [-0.25, -0.2) is 0 Å². The van der Waals surface area contributed by atoms with Crippen LogP contribution in [0.5, 0.6) is 0 Å². The third-order valence-corrected chi connectivity index (χ3v) is 2.32. The van der Waals surface area contributed by atoms with Crippen LogP contribution in [0, 0.1) is 16.7 Å². The van der Waals surface area contributed by atoms with Gasteiger partial charge in [0.15, 0.2) is 0 Å². The van der Waals surface area contributed by atoms with E-state index in [1.807, 2.05) is 6.07 Å². The van der Waals surface area contributed by atoms with Gasteiger partial charge in [-0.1, -0.05) is 20.8 Å². The van der Waals surface area contributed by atoms with Gasteiger partial charge < -0.3 is 10.6 Å². The molecule has 1 aromatic heterocycles. The van der Waals surface area contributed by atoms with Crippen molar-refractivity contribution in [2.75, 3.05) is 11.9 Å². The molecule has 1 aromatic rings. The standard InChI is InChI=1S/C12H17N5O2/c1-12(2,3)11(19)16-8-7-15-17-9(8)10(18)14-6-4-5-13/h7H,4,6H2,1-3H3,(H,14,18)(H,15,17)(H,16,19). The lowest BCUT2D eigenvalue weighted by atomic mass is 9.95. The molecule has 0 bridgehead atoms. The highest BCUT2D eigenvalue weighted by Crippen LogP contribution is 2.18. The summed E-state index contributed by atoms with van der Waals surface area (Å²) in [5.74, 6) is -0.614. The number of anilines is 1. The lowest BCUT2D eigenvalue weighted by Crippen LogP contribution is -2.30. The molecule has 0 atom stereocenters. The van der Waals surface area contributed by atoms with Gasteiger partial charge in [0, 0.05) is 12.0 Å². The summed E-state index contributed by atoms with van der Waals surface area (Å²) in [7, 11) is 0. The monoisotopic (exact) mass is 263 g/mol. The van der Waals surface area contributed by atoms with Gasteiger partial charge in [0.25, 0.3) is 5.91 Å². The number of nitriles is 1. The van der Waals surface area contributed by atoms with Crippen LogP contribution in [-0.2, 0) is 4.79 Å². The summed E-state index contributed by atoms with van der Waals surface area (Å²) in [6.07, 6.45) is 1.60. The van der Waals surface area contributed by atoms with Crippen molar-refractivity contribution in [3.05, 3.63) is 11.9 Å². The van der Waals surface area contributed by atoms with E-state index in [2.05, 4.69) is 20.8 Å². The van der Waals surface area contributed by atoms with E-state index in [-0.39, 0.29) is 24.6 Å². The summed E-state index contributed by atoms with van der Waals surface area (Å²) >= 11 is 0. The minimum absolute atomic E-state index is 0.176. The van der Waals surface area contributed by atoms with Crippen LogP contribution in [0.1, 0.15) is 37.7 Å². The number of amides is 2. The molecule has 102 valence electrons. The molecule has 1 rings (SSSR count). The molecule has 2 amide bonds. The Bertz CT molecular complexity index is 507. The summed E-state index contributed by atoms with van der Waals surface area (Å²) in [6, 6.07) is 1.92. The lowest BCUT2D eigenvalue weighted by molar-refractivity contribution is -0.123. The maximum Gasteiger partial charge on any atom is 0.271 e. The molecule has 0 unspecified atom stereocenters. The first-order valence-electron chi connectivity index (χ1n) is 5.86. The number of hydrogen-bond acceptors (Lipinski definition) is 4. The van der Waals surface area contributed by atoms with Crippen molar-refractivity contribution in [3.8, 4) is 6.07 Å². The first kappa shape index (κ1) is 14.7. The van der Waals surface area contributed by atoms with Gasteiger partial charge in [0.2, 0.25) is 5.91 Å². The fourth-order valence-electron chi connectivity index (χ4n) is 1.18. The highest BCUT2D eigenvalue weighted by molar-refractivity contribution is 6.03. The number of carbonyl (C=O) groups is 2. The Morgan fingerprint density at radius 3 is 2.74 bits per heavy atom. The minimum Gasteiger partial charge on any atom is -0.350 e. The number of aromatic nitrogens is 2. The molecule has 0 radical (unpaired) electrons. The van der Waals surface area contributed by atoms with Crippen molar-refractivity contribution >= 4 is 17.5 Å². The van der Waals surface area contributed by atoms with Crippen molar-refractivity contribution < 1.29 is 9.59 Å². The highest BCUT2D eigenvalue weighted by atomic mass is 16.2. The number of nitrogens with one attached hydrogen (secondary N) is 3. The molecule has 0 saturated heterocycles. The molecular weight excluding hydrogens is 246 g/mol. The third-order valence-electron chi connectivity index (χ3n) is 2.32. The minimum atomic E-state index is -0.564. The summed E-state index contributed by atoms with van der Waals surface area (Å²) in [4.78, 5) is 23.6. The summed E-state index contributed by atoms with van der Waals surface area (Å²) < 4.78 is 0. The van der Waals surface area contributed by atoms with E-state index in [1.54, 1.807) is 20.8 Å². The van der Waals surface area contributed by atoms with E-state index in [0.29, 0.717) is 5.69 Å². The smallest absolute Gasteiger partial charge is 0.271 e. The van der Waals surface area contributed by atoms with Gasteiger partial charge in [-0.2, -0.15) is 10.4 Å². The zero-order valence-electron chi connectivity index (χ0n) is 11.2. The Kier molecular flexibility index (Phi) is 4.64. The first-order chi connectivity index (χ1) is 8.86. The van der Waals surface area contributed by atoms with E-state index in [4.69, 9.17) is 5.26 Å². The van der Waals surface area contributed by atoms with E-state index in [1.165, 1.54) is 6.20 Å². The van der Waals surface area contributed by atoms with Crippen LogP contribution in [0.25, 0.3) is 0 Å². The van der Waals surface area contributed by atoms with E-state index in [9.17, 15) is 9.59 Å². The van der Waals surface area contributed by atoms with Crippen LogP contribution >= 0.6 is 0 Å². The molecule has 19 heavy (non-hydrogen) atoms. The van der Waals surface area contributed by atoms with Gasteiger partial charge in [-0.15, -0.1) is 0 Å². The Hall–Kier alpha value is -2.36. The average Bonchev–Trinajstić information content (AvgIpc) is 2.76. The quantitative estimate of drug-likeness (QED) is 0.704. The first-order valence-corrected chi connectivity index (χ1v) is 5.86. The molecule has 0 aromatic carbocycles. The fraction of sp³-hybridized carbons (Fsp3) is 0.500. The molecule has 0 aliphatic rings. The fourth-order valence-corrected chi connectivity index (χ4v) is 1.18. The largest absolute Gasteiger partial charge is 0.350 e. The van der Waals surface area contributed by atoms with Gasteiger partial charge in [0.05, 0.1) is 24.4 Å². The van der Waals surface area contributed by atoms with Gasteiger partial charge in [-0.05, 0) is 0 Å². The van der Waals surface area contributed by atoms with Crippen molar-refractivity contribution in [1.29, 1.82) is 5.26 Å². The molecule has 0 saturated carbocycles. The molecule has 0 aliphatic heterocycles. The number of nitrogens with zero attached hydrogens (tertiary/aromatic N) is 2. The molecule has 1 heterocycles. The molecule has 0 fully saturated rings. The van der Waals surface area contributed by atoms with Crippen LogP contribution in [0.3, 0.4) is 0 Å².